The lowest BCUT2D eigenvalue weighted by Crippen LogP contribution is -1.85. The highest BCUT2D eigenvalue weighted by Gasteiger charge is 2.15. The van der Waals surface area contributed by atoms with Gasteiger partial charge < -0.3 is 20.1 Å². The lowest BCUT2D eigenvalue weighted by Gasteiger charge is -2.07. The van der Waals surface area contributed by atoms with Crippen molar-refractivity contribution < 1.29 is 20.1 Å². The third-order valence-corrected chi connectivity index (χ3v) is 1.65. The fourth-order valence-electron chi connectivity index (χ4n) is 0.787. The minimum atomic E-state index is -0.528. The number of methoxy groups -OCH3 is 1. The number of phenols is 3. The predicted molar refractivity (Wildman–Crippen MR) is 43.0 cm³/mol. The third kappa shape index (κ3) is 1.21. The summed E-state index contributed by atoms with van der Waals surface area (Å²) >= 11 is 5.47. The number of hydrogen-bond donors (Lipinski definition) is 3. The van der Waals surface area contributed by atoms with Gasteiger partial charge in [-0.2, -0.15) is 0 Å². The standard InChI is InChI=1S/C7H7ClO4/c1-12-7-5(10)3(8)2-4(9)6(7)11/h2,9-11H,1H3. The molecule has 0 heterocycles. The summed E-state index contributed by atoms with van der Waals surface area (Å²) in [5.41, 5.74) is 0. The van der Waals surface area contributed by atoms with Gasteiger partial charge in [-0.15, -0.1) is 0 Å². The highest BCUT2D eigenvalue weighted by Crippen LogP contribution is 2.46. The molecule has 1 aromatic carbocycles. The molecule has 0 spiro atoms. The van der Waals surface area contributed by atoms with Crippen molar-refractivity contribution in [3.05, 3.63) is 11.1 Å². The van der Waals surface area contributed by atoms with Gasteiger partial charge in [0.1, 0.15) is 0 Å². The summed E-state index contributed by atoms with van der Waals surface area (Å²) in [7, 11) is 1.24. The van der Waals surface area contributed by atoms with Crippen LogP contribution in [-0.2, 0) is 0 Å². The molecule has 1 rings (SSSR count). The molecular formula is C7H7ClO4. The number of hydrogen-bond acceptors (Lipinski definition) is 4. The minimum absolute atomic E-state index is 0.0813. The number of rotatable bonds is 1. The highest BCUT2D eigenvalue weighted by atomic mass is 35.5. The molecule has 0 unspecified atom stereocenters. The zero-order chi connectivity index (χ0) is 9.30. The first-order valence-corrected chi connectivity index (χ1v) is 3.43. The molecule has 1 aromatic rings. The quantitative estimate of drug-likeness (QED) is 0.463. The van der Waals surface area contributed by atoms with E-state index in [1.807, 2.05) is 0 Å². The van der Waals surface area contributed by atoms with Gasteiger partial charge in [-0.05, 0) is 0 Å². The average molecular weight is 191 g/mol. The van der Waals surface area contributed by atoms with E-state index in [0.29, 0.717) is 0 Å². The molecule has 5 heteroatoms. The molecule has 0 bridgehead atoms. The fraction of sp³-hybridized carbons (Fsp3) is 0.143. The normalized spacial score (nSPS) is 9.83. The second-order valence-electron chi connectivity index (χ2n) is 2.11. The van der Waals surface area contributed by atoms with Crippen LogP contribution < -0.4 is 4.74 Å². The van der Waals surface area contributed by atoms with E-state index in [0.717, 1.165) is 6.07 Å². The first-order chi connectivity index (χ1) is 5.57. The van der Waals surface area contributed by atoms with Gasteiger partial charge in [0, 0.05) is 6.07 Å². The van der Waals surface area contributed by atoms with Crippen LogP contribution in [0.3, 0.4) is 0 Å². The van der Waals surface area contributed by atoms with Gasteiger partial charge in [0.15, 0.2) is 11.5 Å². The Kier molecular flexibility index (Phi) is 2.19. The summed E-state index contributed by atoms with van der Waals surface area (Å²) in [4.78, 5) is 0. The van der Waals surface area contributed by atoms with Gasteiger partial charge in [0.05, 0.1) is 12.1 Å². The zero-order valence-corrected chi connectivity index (χ0v) is 6.96. The van der Waals surface area contributed by atoms with Crippen molar-refractivity contribution in [2.45, 2.75) is 0 Å². The smallest absolute Gasteiger partial charge is 0.208 e. The molecule has 0 saturated heterocycles. The number of ether oxygens (including phenoxy) is 1. The maximum Gasteiger partial charge on any atom is 0.208 e. The highest BCUT2D eigenvalue weighted by molar-refractivity contribution is 6.32. The van der Waals surface area contributed by atoms with Gasteiger partial charge in [-0.1, -0.05) is 11.6 Å². The Bertz CT molecular complexity index is 285. The SMILES string of the molecule is COc1c(O)c(O)cc(Cl)c1O. The van der Waals surface area contributed by atoms with Crippen molar-refractivity contribution in [2.24, 2.45) is 0 Å². The minimum Gasteiger partial charge on any atom is -0.504 e. The van der Waals surface area contributed by atoms with Crippen LogP contribution >= 0.6 is 11.6 Å². The maximum absolute atomic E-state index is 9.17. The van der Waals surface area contributed by atoms with Crippen LogP contribution in [-0.4, -0.2) is 22.4 Å². The summed E-state index contributed by atoms with van der Waals surface area (Å²) in [6.07, 6.45) is 0. The second-order valence-corrected chi connectivity index (χ2v) is 2.52. The number of halogens is 1. The van der Waals surface area contributed by atoms with Crippen molar-refractivity contribution >= 4 is 11.6 Å². The van der Waals surface area contributed by atoms with Gasteiger partial charge in [0.2, 0.25) is 11.5 Å². The first-order valence-electron chi connectivity index (χ1n) is 3.05. The fourth-order valence-corrected chi connectivity index (χ4v) is 0.976. The van der Waals surface area contributed by atoms with E-state index in [1.165, 1.54) is 7.11 Å². The molecule has 4 nitrogen and oxygen atoms in total. The van der Waals surface area contributed by atoms with Crippen LogP contribution in [0.5, 0.6) is 23.0 Å². The van der Waals surface area contributed by atoms with Crippen molar-refractivity contribution in [2.75, 3.05) is 7.11 Å². The molecule has 3 N–H and O–H groups in total. The van der Waals surface area contributed by atoms with E-state index < -0.39 is 17.2 Å². The van der Waals surface area contributed by atoms with Crippen LogP contribution in [0.15, 0.2) is 6.07 Å². The van der Waals surface area contributed by atoms with Crippen LogP contribution in [0.4, 0.5) is 0 Å². The Balaban J connectivity index is 3.42. The van der Waals surface area contributed by atoms with Crippen molar-refractivity contribution in [3.8, 4) is 23.0 Å². The van der Waals surface area contributed by atoms with E-state index in [2.05, 4.69) is 4.74 Å². The largest absolute Gasteiger partial charge is 0.504 e. The average Bonchev–Trinajstić information content (AvgIpc) is 2.02. The molecule has 0 radical (unpaired) electrons. The Morgan fingerprint density at radius 3 is 2.33 bits per heavy atom. The van der Waals surface area contributed by atoms with Gasteiger partial charge in [-0.25, -0.2) is 0 Å². The summed E-state index contributed by atoms with van der Waals surface area (Å²) in [6.45, 7) is 0. The van der Waals surface area contributed by atoms with Crippen LogP contribution in [0.1, 0.15) is 0 Å². The van der Waals surface area contributed by atoms with Crippen molar-refractivity contribution in [1.82, 2.24) is 0 Å². The van der Waals surface area contributed by atoms with E-state index in [4.69, 9.17) is 21.8 Å². The lowest BCUT2D eigenvalue weighted by atomic mass is 10.2. The van der Waals surface area contributed by atoms with Crippen LogP contribution in [0.2, 0.25) is 5.02 Å². The maximum atomic E-state index is 9.17. The van der Waals surface area contributed by atoms with Gasteiger partial charge in [-0.3, -0.25) is 0 Å². The van der Waals surface area contributed by atoms with E-state index in [1.54, 1.807) is 0 Å². The predicted octanol–water partition coefficient (Wildman–Crippen LogP) is 1.47. The number of aromatic hydroxyl groups is 3. The molecule has 0 aliphatic heterocycles. The Labute approximate surface area is 73.6 Å². The summed E-state index contributed by atoms with van der Waals surface area (Å²) in [5, 5.41) is 27.2. The molecule has 0 fully saturated rings. The second kappa shape index (κ2) is 2.98. The van der Waals surface area contributed by atoms with E-state index in [9.17, 15) is 5.11 Å². The summed E-state index contributed by atoms with van der Waals surface area (Å²) < 4.78 is 4.59. The lowest BCUT2D eigenvalue weighted by molar-refractivity contribution is 0.329. The molecule has 0 amide bonds. The molecule has 0 aliphatic carbocycles. The number of phenolic OH excluding ortho intramolecular Hbond substituents is 3. The first kappa shape index (κ1) is 8.80. The van der Waals surface area contributed by atoms with Crippen molar-refractivity contribution in [1.29, 1.82) is 0 Å². The Morgan fingerprint density at radius 1 is 1.25 bits per heavy atom. The molecule has 0 atom stereocenters. The molecule has 0 aromatic heterocycles. The molecule has 66 valence electrons. The van der Waals surface area contributed by atoms with E-state index >= 15 is 0 Å². The van der Waals surface area contributed by atoms with Crippen LogP contribution in [0.25, 0.3) is 0 Å². The molecule has 0 saturated carbocycles. The van der Waals surface area contributed by atoms with E-state index in [-0.39, 0.29) is 10.8 Å². The van der Waals surface area contributed by atoms with Gasteiger partial charge in [0.25, 0.3) is 0 Å². The topological polar surface area (TPSA) is 69.9 Å². The molecule has 0 aliphatic rings. The number of benzene rings is 1. The molecule has 12 heavy (non-hydrogen) atoms. The van der Waals surface area contributed by atoms with Crippen molar-refractivity contribution in [3.63, 3.8) is 0 Å². The Morgan fingerprint density at radius 2 is 1.83 bits per heavy atom. The zero-order valence-electron chi connectivity index (χ0n) is 6.21. The van der Waals surface area contributed by atoms with Crippen LogP contribution in [0, 0.1) is 0 Å². The third-order valence-electron chi connectivity index (χ3n) is 1.37. The Hall–Kier alpha value is -1.29. The van der Waals surface area contributed by atoms with Gasteiger partial charge >= 0.3 is 0 Å². The summed E-state index contributed by atoms with van der Waals surface area (Å²) in [5.74, 6) is -1.59. The monoisotopic (exact) mass is 190 g/mol. The summed E-state index contributed by atoms with van der Waals surface area (Å²) in [6, 6.07) is 1.02. The molecular weight excluding hydrogens is 184 g/mol.